The van der Waals surface area contributed by atoms with Crippen molar-refractivity contribution in [2.24, 2.45) is 0 Å². The minimum absolute atomic E-state index is 0.328. The molecule has 3 aromatic rings. The summed E-state index contributed by atoms with van der Waals surface area (Å²) >= 11 is 12.3. The number of rotatable bonds is 11. The third-order valence-electron chi connectivity index (χ3n) is 4.83. The molecule has 31 heavy (non-hydrogen) atoms. The molecular weight excluding hydrogens is 433 g/mol. The van der Waals surface area contributed by atoms with Crippen molar-refractivity contribution >= 4 is 23.2 Å². The molecule has 0 unspecified atom stereocenters. The lowest BCUT2D eigenvalue weighted by Crippen LogP contribution is -2.18. The maximum Gasteiger partial charge on any atom is 0.166 e. The summed E-state index contributed by atoms with van der Waals surface area (Å²) in [5, 5.41) is 4.68. The number of ether oxygens (including phenoxy) is 3. The molecule has 0 heterocycles. The lowest BCUT2D eigenvalue weighted by Gasteiger charge is -2.17. The third kappa shape index (κ3) is 6.54. The lowest BCUT2D eigenvalue weighted by molar-refractivity contribution is 0.266. The Kier molecular flexibility index (Phi) is 8.89. The van der Waals surface area contributed by atoms with Crippen molar-refractivity contribution in [3.8, 4) is 17.2 Å². The molecule has 0 amide bonds. The number of halogens is 2. The molecule has 164 valence electrons. The molecule has 3 rings (SSSR count). The molecule has 0 saturated carbocycles. The molecule has 0 aliphatic carbocycles. The van der Waals surface area contributed by atoms with E-state index in [9.17, 15) is 0 Å². The van der Waals surface area contributed by atoms with E-state index in [2.05, 4.69) is 11.4 Å². The number of nitrogens with one attached hydrogen (secondary N) is 1. The molecule has 0 aliphatic rings. The van der Waals surface area contributed by atoms with Gasteiger partial charge in [0.15, 0.2) is 11.5 Å². The fourth-order valence-electron chi connectivity index (χ4n) is 3.28. The van der Waals surface area contributed by atoms with E-state index in [4.69, 9.17) is 37.4 Å². The van der Waals surface area contributed by atoms with Gasteiger partial charge in [0.2, 0.25) is 0 Å². The monoisotopic (exact) mass is 459 g/mol. The van der Waals surface area contributed by atoms with Crippen LogP contribution in [0, 0.1) is 0 Å². The highest BCUT2D eigenvalue weighted by molar-refractivity contribution is 6.35. The first kappa shape index (κ1) is 23.3. The SMILES string of the molecule is CCOc1cccc(CNCCc2ccccc2OC)c1OCc1ccc(Cl)cc1Cl. The van der Waals surface area contributed by atoms with Gasteiger partial charge in [0.1, 0.15) is 12.4 Å². The Morgan fingerprint density at radius 3 is 2.39 bits per heavy atom. The number of hydrogen-bond acceptors (Lipinski definition) is 4. The summed E-state index contributed by atoms with van der Waals surface area (Å²) < 4.78 is 17.4. The zero-order chi connectivity index (χ0) is 22.1. The first-order chi connectivity index (χ1) is 15.1. The second-order valence-corrected chi connectivity index (χ2v) is 7.78. The van der Waals surface area contributed by atoms with Gasteiger partial charge in [0.05, 0.1) is 13.7 Å². The average molecular weight is 460 g/mol. The Morgan fingerprint density at radius 2 is 1.61 bits per heavy atom. The highest BCUT2D eigenvalue weighted by atomic mass is 35.5. The summed E-state index contributed by atoms with van der Waals surface area (Å²) in [5.41, 5.74) is 3.07. The summed E-state index contributed by atoms with van der Waals surface area (Å²) in [6.07, 6.45) is 0.867. The van der Waals surface area contributed by atoms with E-state index in [0.717, 1.165) is 41.3 Å². The van der Waals surface area contributed by atoms with Crippen LogP contribution in [0.1, 0.15) is 23.6 Å². The van der Waals surface area contributed by atoms with Gasteiger partial charge >= 0.3 is 0 Å². The van der Waals surface area contributed by atoms with Gasteiger partial charge in [-0.05, 0) is 49.7 Å². The van der Waals surface area contributed by atoms with Gasteiger partial charge < -0.3 is 19.5 Å². The Morgan fingerprint density at radius 1 is 0.839 bits per heavy atom. The molecule has 0 spiro atoms. The van der Waals surface area contributed by atoms with Gasteiger partial charge in [0.25, 0.3) is 0 Å². The molecule has 0 fully saturated rings. The van der Waals surface area contributed by atoms with Crippen LogP contribution in [0.3, 0.4) is 0 Å². The fraction of sp³-hybridized carbons (Fsp3) is 0.280. The van der Waals surface area contributed by atoms with E-state index in [1.54, 1.807) is 19.2 Å². The number of hydrogen-bond donors (Lipinski definition) is 1. The topological polar surface area (TPSA) is 39.7 Å². The van der Waals surface area contributed by atoms with Crippen LogP contribution in [-0.4, -0.2) is 20.3 Å². The maximum atomic E-state index is 6.30. The van der Waals surface area contributed by atoms with E-state index in [-0.39, 0.29) is 0 Å². The molecule has 3 aromatic carbocycles. The van der Waals surface area contributed by atoms with Crippen LogP contribution in [0.2, 0.25) is 10.0 Å². The summed E-state index contributed by atoms with van der Waals surface area (Å²) in [6, 6.07) is 19.4. The number of para-hydroxylation sites is 2. The average Bonchev–Trinajstić information content (AvgIpc) is 2.77. The Balaban J connectivity index is 1.67. The van der Waals surface area contributed by atoms with Gasteiger partial charge in [-0.25, -0.2) is 0 Å². The Bertz CT molecular complexity index is 994. The van der Waals surface area contributed by atoms with Crippen LogP contribution in [0.4, 0.5) is 0 Å². The predicted octanol–water partition coefficient (Wildman–Crippen LogP) is 6.31. The van der Waals surface area contributed by atoms with Crippen molar-refractivity contribution in [3.05, 3.63) is 87.4 Å². The first-order valence-electron chi connectivity index (χ1n) is 10.3. The van der Waals surface area contributed by atoms with E-state index in [1.165, 1.54) is 5.56 Å². The van der Waals surface area contributed by atoms with Gasteiger partial charge in [-0.15, -0.1) is 0 Å². The number of methoxy groups -OCH3 is 1. The summed E-state index contributed by atoms with van der Waals surface area (Å²) in [6.45, 7) is 4.30. The highest BCUT2D eigenvalue weighted by Gasteiger charge is 2.13. The quantitative estimate of drug-likeness (QED) is 0.341. The summed E-state index contributed by atoms with van der Waals surface area (Å²) in [5.74, 6) is 2.35. The number of benzene rings is 3. The fourth-order valence-corrected chi connectivity index (χ4v) is 3.74. The molecule has 0 saturated heterocycles. The largest absolute Gasteiger partial charge is 0.496 e. The van der Waals surface area contributed by atoms with Crippen molar-refractivity contribution in [2.45, 2.75) is 26.5 Å². The molecule has 1 N–H and O–H groups in total. The van der Waals surface area contributed by atoms with Gasteiger partial charge in [-0.2, -0.15) is 0 Å². The maximum absolute atomic E-state index is 6.30. The van der Waals surface area contributed by atoms with E-state index < -0.39 is 0 Å². The van der Waals surface area contributed by atoms with Gasteiger partial charge in [0, 0.05) is 27.7 Å². The van der Waals surface area contributed by atoms with Gasteiger partial charge in [-0.1, -0.05) is 59.6 Å². The standard InChI is InChI=1S/C25H27Cl2NO3/c1-3-30-24-10-6-8-19(16-28-14-13-18-7-4-5-9-23(18)29-2)25(24)31-17-20-11-12-21(26)15-22(20)27/h4-12,15,28H,3,13-14,16-17H2,1-2H3. The van der Waals surface area contributed by atoms with Crippen LogP contribution >= 0.6 is 23.2 Å². The second-order valence-electron chi connectivity index (χ2n) is 6.94. The van der Waals surface area contributed by atoms with Crippen molar-refractivity contribution in [2.75, 3.05) is 20.3 Å². The smallest absolute Gasteiger partial charge is 0.166 e. The molecule has 0 bridgehead atoms. The van der Waals surface area contributed by atoms with Crippen molar-refractivity contribution in [1.29, 1.82) is 0 Å². The first-order valence-corrected chi connectivity index (χ1v) is 11.0. The minimum atomic E-state index is 0.328. The lowest BCUT2D eigenvalue weighted by atomic mass is 10.1. The zero-order valence-electron chi connectivity index (χ0n) is 17.8. The molecular formula is C25H27Cl2NO3. The van der Waals surface area contributed by atoms with Gasteiger partial charge in [-0.3, -0.25) is 0 Å². The van der Waals surface area contributed by atoms with Crippen molar-refractivity contribution in [3.63, 3.8) is 0 Å². The van der Waals surface area contributed by atoms with E-state index in [1.807, 2.05) is 49.4 Å². The Labute approximate surface area is 194 Å². The molecule has 0 aliphatic heterocycles. The van der Waals surface area contributed by atoms with Crippen LogP contribution in [0.15, 0.2) is 60.7 Å². The Hall–Kier alpha value is -2.40. The second kappa shape index (κ2) is 11.8. The molecule has 0 radical (unpaired) electrons. The molecule has 0 aromatic heterocycles. The molecule has 6 heteroatoms. The minimum Gasteiger partial charge on any atom is -0.496 e. The predicted molar refractivity (Wildman–Crippen MR) is 127 cm³/mol. The summed E-state index contributed by atoms with van der Waals surface area (Å²) in [4.78, 5) is 0. The van der Waals surface area contributed by atoms with Crippen molar-refractivity contribution in [1.82, 2.24) is 5.32 Å². The van der Waals surface area contributed by atoms with Crippen molar-refractivity contribution < 1.29 is 14.2 Å². The normalized spacial score (nSPS) is 10.7. The molecule has 4 nitrogen and oxygen atoms in total. The molecule has 0 atom stereocenters. The summed E-state index contributed by atoms with van der Waals surface area (Å²) in [7, 11) is 1.70. The van der Waals surface area contributed by atoms with E-state index >= 15 is 0 Å². The van der Waals surface area contributed by atoms with Crippen LogP contribution in [-0.2, 0) is 19.6 Å². The zero-order valence-corrected chi connectivity index (χ0v) is 19.3. The van der Waals surface area contributed by atoms with E-state index in [0.29, 0.717) is 29.8 Å². The van der Waals surface area contributed by atoms with Crippen LogP contribution < -0.4 is 19.5 Å². The van der Waals surface area contributed by atoms with Crippen LogP contribution in [0.25, 0.3) is 0 Å². The highest BCUT2D eigenvalue weighted by Crippen LogP contribution is 2.33. The van der Waals surface area contributed by atoms with Crippen LogP contribution in [0.5, 0.6) is 17.2 Å². The third-order valence-corrected chi connectivity index (χ3v) is 5.41.